The molecule has 0 aromatic carbocycles. The molecule has 0 spiro atoms. The lowest BCUT2D eigenvalue weighted by Crippen LogP contribution is -2.36. The monoisotopic (exact) mass is 996 g/mol. The normalized spacial score (nSPS) is 19.7. The number of aromatic nitrogens is 2. The van der Waals surface area contributed by atoms with Gasteiger partial charge in [-0.25, -0.2) is 13.9 Å². The molecule has 1 aliphatic rings. The fourth-order valence-electron chi connectivity index (χ4n) is 7.86. The first kappa shape index (κ1) is 60.9. The summed E-state index contributed by atoms with van der Waals surface area (Å²) in [6.45, 7) is 6.75. The second-order valence-corrected chi connectivity index (χ2v) is 22.0. The predicted molar refractivity (Wildman–Crippen MR) is 257 cm³/mol. The van der Waals surface area contributed by atoms with Crippen LogP contribution in [0.1, 0.15) is 207 Å². The van der Waals surface area contributed by atoms with E-state index in [0.29, 0.717) is 12.8 Å². The molecule has 0 aliphatic carbocycles. The van der Waals surface area contributed by atoms with Crippen LogP contribution < -0.4 is 11.4 Å². The Morgan fingerprint density at radius 1 is 0.672 bits per heavy atom. The summed E-state index contributed by atoms with van der Waals surface area (Å²) < 4.78 is 56.7. The molecular formula is C47H87N3O15P2. The summed E-state index contributed by atoms with van der Waals surface area (Å²) >= 11 is 0. The van der Waals surface area contributed by atoms with Crippen molar-refractivity contribution in [3.63, 3.8) is 0 Å². The number of rotatable bonds is 41. The number of carbonyl (C=O) groups excluding carboxylic acids is 2. The number of esters is 2. The Bertz CT molecular complexity index is 1650. The molecule has 7 atom stereocenters. The van der Waals surface area contributed by atoms with Crippen molar-refractivity contribution in [2.75, 3.05) is 25.6 Å². The Balaban J connectivity index is 1.78. The van der Waals surface area contributed by atoms with Gasteiger partial charge >= 0.3 is 33.3 Å². The van der Waals surface area contributed by atoms with Gasteiger partial charge in [-0.15, -0.1) is 0 Å². The van der Waals surface area contributed by atoms with E-state index in [4.69, 9.17) is 29.0 Å². The van der Waals surface area contributed by atoms with E-state index in [0.717, 1.165) is 67.8 Å². The molecule has 1 saturated heterocycles. The van der Waals surface area contributed by atoms with Gasteiger partial charge in [0.15, 0.2) is 12.3 Å². The van der Waals surface area contributed by atoms with E-state index in [1.54, 1.807) is 0 Å². The highest BCUT2D eigenvalue weighted by molar-refractivity contribution is 7.61. The zero-order valence-electron chi connectivity index (χ0n) is 41.1. The fourth-order valence-corrected chi connectivity index (χ4v) is 9.97. The minimum Gasteiger partial charge on any atom is -0.462 e. The number of phosphoric ester groups is 2. The Hall–Kier alpha value is -2.24. The van der Waals surface area contributed by atoms with Crippen LogP contribution in [0.5, 0.6) is 0 Å². The van der Waals surface area contributed by atoms with E-state index in [9.17, 15) is 43.5 Å². The number of aliphatic hydroxyl groups excluding tert-OH is 2. The number of phosphoric acid groups is 2. The van der Waals surface area contributed by atoms with Gasteiger partial charge in [0.25, 0.3) is 0 Å². The summed E-state index contributed by atoms with van der Waals surface area (Å²) in [5.41, 5.74) is 4.59. The maximum absolute atomic E-state index is 12.9. The highest BCUT2D eigenvalue weighted by Gasteiger charge is 2.46. The lowest BCUT2D eigenvalue weighted by molar-refractivity contribution is -0.161. The third-order valence-corrected chi connectivity index (χ3v) is 14.4. The molecule has 0 saturated carbocycles. The Morgan fingerprint density at radius 2 is 1.10 bits per heavy atom. The van der Waals surface area contributed by atoms with Crippen molar-refractivity contribution in [2.45, 2.75) is 232 Å². The SMILES string of the molecule is CC(C)CCCCCCCCCCCCCCCCCC(=O)O[C@H](COC(=O)CCCCCCCCCCC(C)C)COP(=O)(O)OP(=O)(O)OC[C@H]1O[C@@H](n2ccc(N)nc2=O)C(O)[C@H]1O. The quantitative estimate of drug-likeness (QED) is 0.0232. The molecule has 6 N–H and O–H groups in total. The summed E-state index contributed by atoms with van der Waals surface area (Å²) in [6.07, 6.45) is 22.1. The maximum atomic E-state index is 12.9. The van der Waals surface area contributed by atoms with Crippen molar-refractivity contribution in [2.24, 2.45) is 11.8 Å². The van der Waals surface area contributed by atoms with Gasteiger partial charge in [-0.3, -0.25) is 23.2 Å². The molecule has 67 heavy (non-hydrogen) atoms. The van der Waals surface area contributed by atoms with Crippen LogP contribution in [0.15, 0.2) is 17.1 Å². The lowest BCUT2D eigenvalue weighted by atomic mass is 10.0. The van der Waals surface area contributed by atoms with E-state index in [1.807, 2.05) is 0 Å². The number of hydrogen-bond donors (Lipinski definition) is 5. The van der Waals surface area contributed by atoms with E-state index in [2.05, 4.69) is 37.0 Å². The first-order chi connectivity index (χ1) is 31.9. The average molecular weight is 996 g/mol. The van der Waals surface area contributed by atoms with Crippen LogP contribution in [-0.2, 0) is 46.3 Å². The molecule has 0 radical (unpaired) electrons. The van der Waals surface area contributed by atoms with Crippen LogP contribution in [0.4, 0.5) is 5.82 Å². The molecule has 3 unspecified atom stereocenters. The summed E-state index contributed by atoms with van der Waals surface area (Å²) in [4.78, 5) is 61.8. The zero-order chi connectivity index (χ0) is 49.5. The standard InChI is InChI=1S/C47H87N3O15P2/c1-37(2)28-24-20-16-12-10-8-6-5-7-9-11-13-19-23-27-31-43(52)63-39(34-60-42(51)30-26-22-18-15-14-17-21-25-29-38(3)4)35-61-66(56,57)65-67(58,59)62-36-40-44(53)45(54)46(64-40)50-33-32-41(48)49-47(50)55/h32-33,37-40,44-46,53-54H,5-31,34-36H2,1-4H3,(H,56,57)(H,58,59)(H2,48,49,55)/t39-,40-,44+,45?,46-/m1/s1. The number of aliphatic hydroxyl groups is 2. The molecule has 1 aromatic heterocycles. The van der Waals surface area contributed by atoms with Crippen LogP contribution in [0.25, 0.3) is 0 Å². The smallest absolute Gasteiger partial charge is 0.462 e. The summed E-state index contributed by atoms with van der Waals surface area (Å²) in [7, 11) is -10.8. The molecule has 2 heterocycles. The molecule has 20 heteroatoms. The van der Waals surface area contributed by atoms with Crippen molar-refractivity contribution in [1.82, 2.24) is 9.55 Å². The van der Waals surface area contributed by atoms with E-state index in [-0.39, 0.29) is 18.7 Å². The second-order valence-electron chi connectivity index (χ2n) is 19.0. The van der Waals surface area contributed by atoms with E-state index < -0.39 is 83.7 Å². The molecular weight excluding hydrogens is 908 g/mol. The van der Waals surface area contributed by atoms with Gasteiger partial charge in [0.1, 0.15) is 30.7 Å². The van der Waals surface area contributed by atoms with Crippen molar-refractivity contribution in [1.29, 1.82) is 0 Å². The average Bonchev–Trinajstić information content (AvgIpc) is 3.53. The van der Waals surface area contributed by atoms with Crippen LogP contribution in [0, 0.1) is 11.8 Å². The summed E-state index contributed by atoms with van der Waals surface area (Å²) in [5.74, 6) is 0.242. The maximum Gasteiger partial charge on any atom is 0.481 e. The van der Waals surface area contributed by atoms with Gasteiger partial charge in [-0.2, -0.15) is 9.29 Å². The highest BCUT2D eigenvalue weighted by atomic mass is 31.3. The minimum absolute atomic E-state index is 0.0565. The van der Waals surface area contributed by atoms with Crippen molar-refractivity contribution < 1.29 is 66.3 Å². The molecule has 1 aromatic rings. The fraction of sp³-hybridized carbons (Fsp3) is 0.872. The number of hydrogen-bond acceptors (Lipinski definition) is 15. The van der Waals surface area contributed by atoms with Crippen LogP contribution >= 0.6 is 15.6 Å². The molecule has 0 bridgehead atoms. The Morgan fingerprint density at radius 3 is 1.57 bits per heavy atom. The zero-order valence-corrected chi connectivity index (χ0v) is 42.8. The van der Waals surface area contributed by atoms with E-state index in [1.165, 1.54) is 109 Å². The van der Waals surface area contributed by atoms with Crippen molar-refractivity contribution in [3.8, 4) is 0 Å². The second kappa shape index (κ2) is 35.0. The third kappa shape index (κ3) is 29.5. The largest absolute Gasteiger partial charge is 0.481 e. The highest BCUT2D eigenvalue weighted by Crippen LogP contribution is 2.60. The topological polar surface area (TPSA) is 265 Å². The van der Waals surface area contributed by atoms with Crippen LogP contribution in [-0.4, -0.2) is 85.7 Å². The molecule has 1 aliphatic heterocycles. The minimum atomic E-state index is -5.42. The number of nitrogens with two attached hydrogens (primary N) is 1. The number of ether oxygens (including phenoxy) is 3. The van der Waals surface area contributed by atoms with Gasteiger partial charge < -0.3 is 39.9 Å². The van der Waals surface area contributed by atoms with Gasteiger partial charge in [-0.05, 0) is 30.7 Å². The number of unbranched alkanes of at least 4 members (excludes halogenated alkanes) is 21. The summed E-state index contributed by atoms with van der Waals surface area (Å²) in [5, 5.41) is 20.9. The van der Waals surface area contributed by atoms with Crippen LogP contribution in [0.2, 0.25) is 0 Å². The third-order valence-electron chi connectivity index (χ3n) is 11.8. The molecule has 2 rings (SSSR count). The number of nitrogens with zero attached hydrogens (tertiary/aromatic N) is 2. The van der Waals surface area contributed by atoms with Crippen LogP contribution in [0.3, 0.4) is 0 Å². The molecule has 18 nitrogen and oxygen atoms in total. The van der Waals surface area contributed by atoms with Gasteiger partial charge in [0, 0.05) is 19.0 Å². The number of carbonyl (C=O) groups is 2. The van der Waals surface area contributed by atoms with Crippen molar-refractivity contribution in [3.05, 3.63) is 22.7 Å². The first-order valence-corrected chi connectivity index (χ1v) is 28.3. The first-order valence-electron chi connectivity index (χ1n) is 25.3. The number of anilines is 1. The molecule has 0 amide bonds. The van der Waals surface area contributed by atoms with Crippen molar-refractivity contribution >= 4 is 33.4 Å². The lowest BCUT2D eigenvalue weighted by Gasteiger charge is -2.21. The Kier molecular flexibility index (Phi) is 31.8. The molecule has 390 valence electrons. The van der Waals surface area contributed by atoms with Gasteiger partial charge in [-0.1, -0.05) is 175 Å². The summed E-state index contributed by atoms with van der Waals surface area (Å²) in [6, 6.07) is 1.25. The predicted octanol–water partition coefficient (Wildman–Crippen LogP) is 9.99. The van der Waals surface area contributed by atoms with E-state index >= 15 is 0 Å². The van der Waals surface area contributed by atoms with Gasteiger partial charge in [0.05, 0.1) is 13.2 Å². The number of nitrogen functional groups attached to an aromatic ring is 1. The Labute approximate surface area is 400 Å². The van der Waals surface area contributed by atoms with Gasteiger partial charge in [0.2, 0.25) is 0 Å². The molecule has 1 fully saturated rings.